The van der Waals surface area contributed by atoms with E-state index in [2.05, 4.69) is 4.74 Å². The Kier molecular flexibility index (Phi) is 5.86. The SMILES string of the molecule is COC(=O)[C@@H](C)N1C(=O)S/C(=C/c2cc(C)n(-c3ccc(F)c(Cl)c3)c2C)C1=O. The molecule has 2 amide bonds. The van der Waals surface area contributed by atoms with Crippen molar-refractivity contribution < 1.29 is 23.5 Å². The van der Waals surface area contributed by atoms with E-state index < -0.39 is 29.0 Å². The van der Waals surface area contributed by atoms with Crippen LogP contribution in [0.15, 0.2) is 29.2 Å². The lowest BCUT2D eigenvalue weighted by Gasteiger charge is -2.18. The molecule has 152 valence electrons. The van der Waals surface area contributed by atoms with Crippen LogP contribution in [0.5, 0.6) is 0 Å². The van der Waals surface area contributed by atoms with Gasteiger partial charge in [-0.25, -0.2) is 9.18 Å². The van der Waals surface area contributed by atoms with Crippen molar-refractivity contribution in [3.05, 3.63) is 57.0 Å². The largest absolute Gasteiger partial charge is 0.467 e. The van der Waals surface area contributed by atoms with E-state index in [-0.39, 0.29) is 9.93 Å². The number of benzene rings is 1. The van der Waals surface area contributed by atoms with Crippen molar-refractivity contribution in [2.45, 2.75) is 26.8 Å². The van der Waals surface area contributed by atoms with Crippen LogP contribution in [0.3, 0.4) is 0 Å². The molecule has 2 heterocycles. The second-order valence-corrected chi connectivity index (χ2v) is 7.91. The first-order valence-corrected chi connectivity index (χ1v) is 9.84. The molecule has 1 aromatic carbocycles. The number of methoxy groups -OCH3 is 1. The minimum absolute atomic E-state index is 0.00877. The molecule has 0 saturated carbocycles. The molecule has 1 saturated heterocycles. The fourth-order valence-corrected chi connectivity index (χ4v) is 4.26. The molecule has 3 rings (SSSR count). The zero-order valence-electron chi connectivity index (χ0n) is 16.2. The van der Waals surface area contributed by atoms with Crippen molar-refractivity contribution in [3.63, 3.8) is 0 Å². The zero-order chi connectivity index (χ0) is 21.5. The van der Waals surface area contributed by atoms with E-state index in [4.69, 9.17) is 11.6 Å². The maximum absolute atomic E-state index is 13.5. The van der Waals surface area contributed by atoms with Gasteiger partial charge in [0.05, 0.1) is 17.0 Å². The number of carbonyl (C=O) groups excluding carboxylic acids is 3. The number of imide groups is 1. The Hall–Kier alpha value is -2.58. The van der Waals surface area contributed by atoms with E-state index in [1.165, 1.54) is 26.2 Å². The number of hydrogen-bond donors (Lipinski definition) is 0. The number of carbonyl (C=O) groups is 3. The molecule has 0 aliphatic carbocycles. The van der Waals surface area contributed by atoms with Gasteiger partial charge in [0.1, 0.15) is 11.9 Å². The number of halogens is 2. The molecule has 6 nitrogen and oxygen atoms in total. The number of aromatic nitrogens is 1. The summed E-state index contributed by atoms with van der Waals surface area (Å²) in [5, 5.41) is -0.521. The first-order chi connectivity index (χ1) is 13.6. The van der Waals surface area contributed by atoms with E-state index in [0.717, 1.165) is 33.6 Å². The number of amides is 2. The number of nitrogens with zero attached hydrogens (tertiary/aromatic N) is 2. The third-order valence-electron chi connectivity index (χ3n) is 4.67. The van der Waals surface area contributed by atoms with E-state index >= 15 is 0 Å². The zero-order valence-corrected chi connectivity index (χ0v) is 17.7. The standard InChI is InChI=1S/C20H18ClFN2O4S/c1-10-7-13(11(2)23(10)14-5-6-16(22)15(21)9-14)8-17-18(25)24(20(27)29-17)12(3)19(26)28-4/h5-9,12H,1-4H3/b17-8+/t12-/m1/s1. The van der Waals surface area contributed by atoms with E-state index in [1.54, 1.807) is 12.1 Å². The van der Waals surface area contributed by atoms with Gasteiger partial charge in [0.2, 0.25) is 0 Å². The maximum atomic E-state index is 13.5. The second kappa shape index (κ2) is 8.04. The quantitative estimate of drug-likeness (QED) is 0.522. The lowest BCUT2D eigenvalue weighted by atomic mass is 10.2. The number of esters is 1. The Morgan fingerprint density at radius 3 is 2.59 bits per heavy atom. The molecule has 1 atom stereocenters. The predicted octanol–water partition coefficient (Wildman–Crippen LogP) is 4.48. The fraction of sp³-hybridized carbons (Fsp3) is 0.250. The summed E-state index contributed by atoms with van der Waals surface area (Å²) >= 11 is 6.67. The smallest absolute Gasteiger partial charge is 0.328 e. The van der Waals surface area contributed by atoms with Gasteiger partial charge < -0.3 is 9.30 Å². The van der Waals surface area contributed by atoms with Crippen LogP contribution in [0.4, 0.5) is 9.18 Å². The van der Waals surface area contributed by atoms with Crippen molar-refractivity contribution in [1.82, 2.24) is 9.47 Å². The summed E-state index contributed by atoms with van der Waals surface area (Å²) in [4.78, 5) is 37.8. The Morgan fingerprint density at radius 1 is 1.28 bits per heavy atom. The third-order valence-corrected chi connectivity index (χ3v) is 5.84. The minimum atomic E-state index is -1.01. The van der Waals surface area contributed by atoms with Gasteiger partial charge in [0.15, 0.2) is 0 Å². The second-order valence-electron chi connectivity index (χ2n) is 6.51. The molecule has 9 heteroatoms. The molecule has 2 aromatic rings. The van der Waals surface area contributed by atoms with Crippen LogP contribution in [-0.2, 0) is 14.3 Å². The van der Waals surface area contributed by atoms with Gasteiger partial charge in [-0.3, -0.25) is 14.5 Å². The molecule has 1 aliphatic rings. The van der Waals surface area contributed by atoms with Crippen molar-refractivity contribution in [3.8, 4) is 5.69 Å². The topological polar surface area (TPSA) is 68.6 Å². The molecule has 0 unspecified atom stereocenters. The number of thioether (sulfide) groups is 1. The molecule has 0 N–H and O–H groups in total. The first-order valence-electron chi connectivity index (χ1n) is 8.65. The van der Waals surface area contributed by atoms with Crippen LogP contribution in [0, 0.1) is 19.7 Å². The highest BCUT2D eigenvalue weighted by molar-refractivity contribution is 8.18. The molecule has 1 fully saturated rings. The van der Waals surface area contributed by atoms with Crippen molar-refractivity contribution >= 4 is 46.6 Å². The first kappa shape index (κ1) is 21.1. The molecule has 1 aliphatic heterocycles. The van der Waals surface area contributed by atoms with Crippen LogP contribution in [0.1, 0.15) is 23.9 Å². The van der Waals surface area contributed by atoms with Crippen LogP contribution in [-0.4, -0.2) is 39.7 Å². The normalized spacial score (nSPS) is 16.6. The van der Waals surface area contributed by atoms with Crippen LogP contribution >= 0.6 is 23.4 Å². The van der Waals surface area contributed by atoms with Gasteiger partial charge in [-0.1, -0.05) is 11.6 Å². The average molecular weight is 437 g/mol. The number of ether oxygens (including phenoxy) is 1. The van der Waals surface area contributed by atoms with Gasteiger partial charge in [0, 0.05) is 17.1 Å². The van der Waals surface area contributed by atoms with E-state index in [1.807, 2.05) is 24.5 Å². The van der Waals surface area contributed by atoms with Gasteiger partial charge in [-0.15, -0.1) is 0 Å². The van der Waals surface area contributed by atoms with Gasteiger partial charge >= 0.3 is 5.97 Å². The van der Waals surface area contributed by atoms with Crippen molar-refractivity contribution in [1.29, 1.82) is 0 Å². The highest BCUT2D eigenvalue weighted by atomic mass is 35.5. The van der Waals surface area contributed by atoms with Crippen molar-refractivity contribution in [2.24, 2.45) is 0 Å². The lowest BCUT2D eigenvalue weighted by molar-refractivity contribution is -0.148. The highest BCUT2D eigenvalue weighted by Gasteiger charge is 2.41. The summed E-state index contributed by atoms with van der Waals surface area (Å²) in [6.45, 7) is 5.15. The fourth-order valence-electron chi connectivity index (χ4n) is 3.19. The summed E-state index contributed by atoms with van der Waals surface area (Å²) in [5.74, 6) is -1.72. The summed E-state index contributed by atoms with van der Waals surface area (Å²) in [7, 11) is 1.20. The van der Waals surface area contributed by atoms with E-state index in [0.29, 0.717) is 5.69 Å². The molecule has 1 aromatic heterocycles. The monoisotopic (exact) mass is 436 g/mol. The highest BCUT2D eigenvalue weighted by Crippen LogP contribution is 2.35. The Labute approximate surface area is 176 Å². The third kappa shape index (κ3) is 3.82. The van der Waals surface area contributed by atoms with Crippen LogP contribution < -0.4 is 0 Å². The lowest BCUT2D eigenvalue weighted by Crippen LogP contribution is -2.42. The number of rotatable bonds is 4. The van der Waals surface area contributed by atoms with Crippen LogP contribution in [0.25, 0.3) is 11.8 Å². The van der Waals surface area contributed by atoms with Crippen molar-refractivity contribution in [2.75, 3.05) is 7.11 Å². The maximum Gasteiger partial charge on any atom is 0.328 e. The molecule has 0 spiro atoms. The summed E-state index contributed by atoms with van der Waals surface area (Å²) in [6.07, 6.45) is 1.61. The van der Waals surface area contributed by atoms with Gasteiger partial charge in [0.25, 0.3) is 11.1 Å². The molecular formula is C20H18ClFN2O4S. The summed E-state index contributed by atoms with van der Waals surface area (Å²) in [5.41, 5.74) is 3.04. The summed E-state index contributed by atoms with van der Waals surface area (Å²) < 4.78 is 20.0. The Balaban J connectivity index is 1.98. The molecule has 29 heavy (non-hydrogen) atoms. The average Bonchev–Trinajstić information content (AvgIpc) is 3.11. The Morgan fingerprint density at radius 2 is 1.97 bits per heavy atom. The van der Waals surface area contributed by atoms with Gasteiger partial charge in [-0.05, 0) is 68.4 Å². The summed E-state index contributed by atoms with van der Waals surface area (Å²) in [6, 6.07) is 5.26. The molecule has 0 bridgehead atoms. The minimum Gasteiger partial charge on any atom is -0.467 e. The molecular weight excluding hydrogens is 419 g/mol. The Bertz CT molecular complexity index is 1060. The predicted molar refractivity (Wildman–Crippen MR) is 109 cm³/mol. The number of aryl methyl sites for hydroxylation is 1. The number of hydrogen-bond acceptors (Lipinski definition) is 5. The van der Waals surface area contributed by atoms with Crippen LogP contribution in [0.2, 0.25) is 5.02 Å². The van der Waals surface area contributed by atoms with Gasteiger partial charge in [-0.2, -0.15) is 0 Å². The van der Waals surface area contributed by atoms with E-state index in [9.17, 15) is 18.8 Å². The molecule has 0 radical (unpaired) electrons.